The number of benzene rings is 2. The summed E-state index contributed by atoms with van der Waals surface area (Å²) in [5.41, 5.74) is 2.31. The van der Waals surface area contributed by atoms with Gasteiger partial charge in [-0.05, 0) is 49.6 Å². The van der Waals surface area contributed by atoms with Gasteiger partial charge in [-0.15, -0.1) is 0 Å². The monoisotopic (exact) mass is 341 g/mol. The van der Waals surface area contributed by atoms with Crippen LogP contribution < -0.4 is 10.1 Å². The summed E-state index contributed by atoms with van der Waals surface area (Å²) in [6.07, 6.45) is 0.343. The molecule has 2 aromatic carbocycles. The van der Waals surface area contributed by atoms with Crippen molar-refractivity contribution in [2.45, 2.75) is 20.3 Å². The van der Waals surface area contributed by atoms with Crippen molar-refractivity contribution in [3.8, 4) is 5.75 Å². The zero-order valence-corrected chi connectivity index (χ0v) is 14.5. The molecule has 0 aliphatic heterocycles. The number of rotatable bonds is 8. The highest BCUT2D eigenvalue weighted by molar-refractivity contribution is 5.95. The maximum Gasteiger partial charge on any atom is 0.308 e. The number of amides is 1. The van der Waals surface area contributed by atoms with Gasteiger partial charge >= 0.3 is 5.97 Å². The highest BCUT2D eigenvalue weighted by Gasteiger charge is 2.20. The van der Waals surface area contributed by atoms with Gasteiger partial charge in [0.05, 0.1) is 12.5 Å². The van der Waals surface area contributed by atoms with E-state index in [0.717, 1.165) is 16.9 Å². The minimum Gasteiger partial charge on any atom is -0.494 e. The van der Waals surface area contributed by atoms with Crippen LogP contribution in [0.15, 0.2) is 48.5 Å². The van der Waals surface area contributed by atoms with Crippen LogP contribution in [-0.4, -0.2) is 30.1 Å². The van der Waals surface area contributed by atoms with E-state index < -0.39 is 11.9 Å². The lowest BCUT2D eigenvalue weighted by atomic mass is 9.99. The fraction of sp³-hybridized carbons (Fsp3) is 0.300. The van der Waals surface area contributed by atoms with Gasteiger partial charge in [0.15, 0.2) is 0 Å². The number of ether oxygens (including phenoxy) is 1. The highest BCUT2D eigenvalue weighted by Crippen LogP contribution is 2.15. The van der Waals surface area contributed by atoms with Gasteiger partial charge in [0.25, 0.3) is 5.91 Å². The Morgan fingerprint density at radius 1 is 1.12 bits per heavy atom. The molecule has 5 heteroatoms. The fourth-order valence-corrected chi connectivity index (χ4v) is 2.56. The van der Waals surface area contributed by atoms with Crippen LogP contribution in [0.1, 0.15) is 28.4 Å². The van der Waals surface area contributed by atoms with Crippen molar-refractivity contribution >= 4 is 11.9 Å². The number of carboxylic acids is 1. The van der Waals surface area contributed by atoms with E-state index in [1.165, 1.54) is 0 Å². The van der Waals surface area contributed by atoms with Crippen LogP contribution in [-0.2, 0) is 11.2 Å². The first-order valence-electron chi connectivity index (χ1n) is 8.29. The van der Waals surface area contributed by atoms with Crippen LogP contribution in [0.25, 0.3) is 0 Å². The maximum atomic E-state index is 12.2. The minimum atomic E-state index is -0.932. The second kappa shape index (κ2) is 8.87. The summed E-state index contributed by atoms with van der Waals surface area (Å²) in [7, 11) is 0. The smallest absolute Gasteiger partial charge is 0.308 e. The van der Waals surface area contributed by atoms with Crippen LogP contribution in [0, 0.1) is 12.8 Å². The molecule has 2 aromatic rings. The minimum absolute atomic E-state index is 0.0791. The molecule has 2 rings (SSSR count). The van der Waals surface area contributed by atoms with Crippen molar-refractivity contribution in [1.29, 1.82) is 0 Å². The van der Waals surface area contributed by atoms with Gasteiger partial charge < -0.3 is 15.2 Å². The number of carboxylic acid groups (broad SMARTS) is 1. The first-order valence-corrected chi connectivity index (χ1v) is 8.29. The molecule has 25 heavy (non-hydrogen) atoms. The molecule has 0 saturated carbocycles. The van der Waals surface area contributed by atoms with Crippen molar-refractivity contribution in [1.82, 2.24) is 5.32 Å². The van der Waals surface area contributed by atoms with Crippen molar-refractivity contribution in [2.75, 3.05) is 13.2 Å². The van der Waals surface area contributed by atoms with Gasteiger partial charge in [0.1, 0.15) is 5.75 Å². The topological polar surface area (TPSA) is 75.6 Å². The van der Waals surface area contributed by atoms with Crippen LogP contribution in [0.2, 0.25) is 0 Å². The van der Waals surface area contributed by atoms with Crippen LogP contribution in [0.4, 0.5) is 0 Å². The van der Waals surface area contributed by atoms with Crippen LogP contribution >= 0.6 is 0 Å². The molecule has 0 saturated heterocycles. The summed E-state index contributed by atoms with van der Waals surface area (Å²) in [4.78, 5) is 23.8. The quantitative estimate of drug-likeness (QED) is 0.774. The molecule has 1 amide bonds. The Morgan fingerprint density at radius 3 is 2.40 bits per heavy atom. The van der Waals surface area contributed by atoms with E-state index >= 15 is 0 Å². The summed E-state index contributed by atoms with van der Waals surface area (Å²) in [5.74, 6) is -1.12. The molecule has 0 aliphatic carbocycles. The van der Waals surface area contributed by atoms with E-state index in [9.17, 15) is 14.7 Å². The molecule has 1 unspecified atom stereocenters. The maximum absolute atomic E-state index is 12.2. The Bertz CT molecular complexity index is 725. The molecule has 0 spiro atoms. The number of nitrogens with one attached hydrogen (secondary N) is 1. The molecule has 0 radical (unpaired) electrons. The zero-order chi connectivity index (χ0) is 18.2. The second-order valence-corrected chi connectivity index (χ2v) is 5.84. The number of carbonyl (C=O) groups excluding carboxylic acids is 1. The largest absolute Gasteiger partial charge is 0.494 e. The predicted molar refractivity (Wildman–Crippen MR) is 96.0 cm³/mol. The molecular weight excluding hydrogens is 318 g/mol. The molecule has 5 nitrogen and oxygen atoms in total. The Labute approximate surface area is 147 Å². The van der Waals surface area contributed by atoms with Gasteiger partial charge in [-0.25, -0.2) is 0 Å². The van der Waals surface area contributed by atoms with E-state index in [0.29, 0.717) is 18.6 Å². The Balaban J connectivity index is 1.98. The summed E-state index contributed by atoms with van der Waals surface area (Å²) in [5, 5.41) is 12.2. The summed E-state index contributed by atoms with van der Waals surface area (Å²) in [6, 6.07) is 14.6. The highest BCUT2D eigenvalue weighted by atomic mass is 16.5. The molecule has 132 valence electrons. The zero-order valence-electron chi connectivity index (χ0n) is 14.5. The first kappa shape index (κ1) is 18.5. The number of hydrogen-bond donors (Lipinski definition) is 2. The number of aliphatic carboxylic acids is 1. The van der Waals surface area contributed by atoms with Gasteiger partial charge in [0, 0.05) is 12.1 Å². The van der Waals surface area contributed by atoms with Crippen molar-refractivity contribution in [3.05, 3.63) is 65.2 Å². The lowest BCUT2D eigenvalue weighted by Gasteiger charge is -2.14. The van der Waals surface area contributed by atoms with E-state index in [1.807, 2.05) is 50.2 Å². The Kier molecular flexibility index (Phi) is 6.57. The van der Waals surface area contributed by atoms with Gasteiger partial charge in [-0.3, -0.25) is 9.59 Å². The van der Waals surface area contributed by atoms with Gasteiger partial charge in [-0.1, -0.05) is 30.3 Å². The molecule has 1 atom stereocenters. The summed E-state index contributed by atoms with van der Waals surface area (Å²) >= 11 is 0. The third kappa shape index (κ3) is 5.35. The third-order valence-electron chi connectivity index (χ3n) is 3.96. The van der Waals surface area contributed by atoms with Crippen LogP contribution in [0.5, 0.6) is 5.75 Å². The Hall–Kier alpha value is -2.82. The van der Waals surface area contributed by atoms with Crippen molar-refractivity contribution in [2.24, 2.45) is 5.92 Å². The standard InChI is InChI=1S/C20H23NO4/c1-3-25-17-10-8-15(9-11-17)12-16(20(23)24)13-21-19(22)18-7-5-4-6-14(18)2/h4-11,16H,3,12-13H2,1-2H3,(H,21,22)(H,23,24). The molecule has 0 heterocycles. The van der Waals surface area contributed by atoms with E-state index in [2.05, 4.69) is 5.32 Å². The first-order chi connectivity index (χ1) is 12.0. The lowest BCUT2D eigenvalue weighted by Crippen LogP contribution is -2.34. The summed E-state index contributed by atoms with van der Waals surface area (Å²) < 4.78 is 5.38. The molecular formula is C20H23NO4. The average Bonchev–Trinajstić information content (AvgIpc) is 2.60. The molecule has 2 N–H and O–H groups in total. The molecule has 0 bridgehead atoms. The second-order valence-electron chi connectivity index (χ2n) is 5.84. The molecule has 0 fully saturated rings. The normalized spacial score (nSPS) is 11.6. The number of carbonyl (C=O) groups is 2. The van der Waals surface area contributed by atoms with Crippen LogP contribution in [0.3, 0.4) is 0 Å². The number of hydrogen-bond acceptors (Lipinski definition) is 3. The lowest BCUT2D eigenvalue weighted by molar-refractivity contribution is -0.141. The summed E-state index contributed by atoms with van der Waals surface area (Å²) in [6.45, 7) is 4.42. The number of aryl methyl sites for hydroxylation is 1. The van der Waals surface area contributed by atoms with E-state index in [1.54, 1.807) is 12.1 Å². The molecule has 0 aliphatic rings. The average molecular weight is 341 g/mol. The van der Waals surface area contributed by atoms with E-state index in [4.69, 9.17) is 4.74 Å². The Morgan fingerprint density at radius 2 is 1.80 bits per heavy atom. The molecule has 0 aromatic heterocycles. The SMILES string of the molecule is CCOc1ccc(CC(CNC(=O)c2ccccc2C)C(=O)O)cc1. The van der Waals surface area contributed by atoms with Crippen molar-refractivity contribution in [3.63, 3.8) is 0 Å². The fourth-order valence-electron chi connectivity index (χ4n) is 2.56. The van der Waals surface area contributed by atoms with Gasteiger partial charge in [0.2, 0.25) is 0 Å². The predicted octanol–water partition coefficient (Wildman–Crippen LogP) is 3.07. The van der Waals surface area contributed by atoms with E-state index in [-0.39, 0.29) is 12.5 Å². The third-order valence-corrected chi connectivity index (χ3v) is 3.96. The van der Waals surface area contributed by atoms with Crippen molar-refractivity contribution < 1.29 is 19.4 Å². The van der Waals surface area contributed by atoms with Gasteiger partial charge in [-0.2, -0.15) is 0 Å².